The summed E-state index contributed by atoms with van der Waals surface area (Å²) in [5.41, 5.74) is 5.86. The molecule has 108 valence electrons. The number of nitrogens with one attached hydrogen (secondary N) is 1. The van der Waals surface area contributed by atoms with Crippen molar-refractivity contribution in [2.75, 3.05) is 5.32 Å². The van der Waals surface area contributed by atoms with E-state index in [1.807, 2.05) is 0 Å². The van der Waals surface area contributed by atoms with Crippen molar-refractivity contribution in [2.24, 2.45) is 11.7 Å². The Morgan fingerprint density at radius 2 is 2.00 bits per heavy atom. The van der Waals surface area contributed by atoms with Crippen LogP contribution in [0.5, 0.6) is 0 Å². The van der Waals surface area contributed by atoms with E-state index in [0.717, 1.165) is 25.7 Å². The van der Waals surface area contributed by atoms with Gasteiger partial charge in [-0.05, 0) is 37.8 Å². The molecule has 3 N–H and O–H groups in total. The summed E-state index contributed by atoms with van der Waals surface area (Å²) >= 11 is 3.23. The summed E-state index contributed by atoms with van der Waals surface area (Å²) in [5, 5.41) is 14.2. The van der Waals surface area contributed by atoms with E-state index in [-0.39, 0.29) is 23.6 Å². The molecule has 1 aliphatic carbocycles. The third kappa shape index (κ3) is 3.47. The lowest BCUT2D eigenvalue weighted by atomic mass is 9.85. The van der Waals surface area contributed by atoms with E-state index in [2.05, 4.69) is 21.2 Å². The zero-order valence-corrected chi connectivity index (χ0v) is 12.4. The SMILES string of the molecule is NC(=O)C1CCC(Nc2ccc(Br)cc2[N+](=O)[O-])CC1. The number of anilines is 1. The molecule has 0 saturated heterocycles. The highest BCUT2D eigenvalue weighted by Crippen LogP contribution is 2.32. The molecule has 0 unspecified atom stereocenters. The number of carbonyl (C=O) groups excluding carboxylic acids is 1. The van der Waals surface area contributed by atoms with Crippen LogP contribution < -0.4 is 11.1 Å². The van der Waals surface area contributed by atoms with Crippen molar-refractivity contribution < 1.29 is 9.72 Å². The Kier molecular flexibility index (Phi) is 4.59. The highest BCUT2D eigenvalue weighted by Gasteiger charge is 2.26. The molecule has 6 nitrogen and oxygen atoms in total. The van der Waals surface area contributed by atoms with Crippen molar-refractivity contribution >= 4 is 33.2 Å². The maximum atomic E-state index is 11.1. The summed E-state index contributed by atoms with van der Waals surface area (Å²) < 4.78 is 0.673. The quantitative estimate of drug-likeness (QED) is 0.649. The third-order valence-electron chi connectivity index (χ3n) is 3.65. The lowest BCUT2D eigenvalue weighted by molar-refractivity contribution is -0.384. The number of amides is 1. The molecule has 0 spiro atoms. The normalized spacial score (nSPS) is 22.2. The highest BCUT2D eigenvalue weighted by molar-refractivity contribution is 9.10. The second-order valence-electron chi connectivity index (χ2n) is 5.01. The van der Waals surface area contributed by atoms with Crippen molar-refractivity contribution in [2.45, 2.75) is 31.7 Å². The van der Waals surface area contributed by atoms with Crippen LogP contribution in [0, 0.1) is 16.0 Å². The van der Waals surface area contributed by atoms with Gasteiger partial charge in [-0.3, -0.25) is 14.9 Å². The Labute approximate surface area is 125 Å². The molecule has 1 aromatic carbocycles. The number of halogens is 1. The van der Waals surface area contributed by atoms with Crippen LogP contribution in [-0.2, 0) is 4.79 Å². The minimum absolute atomic E-state index is 0.0522. The maximum absolute atomic E-state index is 11.1. The first-order chi connectivity index (χ1) is 9.47. The standard InChI is InChI=1S/C13H16BrN3O3/c14-9-3-6-11(12(7-9)17(19)20)16-10-4-1-8(2-5-10)13(15)18/h3,6-8,10,16H,1-2,4-5H2,(H2,15,18). The van der Waals surface area contributed by atoms with Gasteiger partial charge >= 0.3 is 0 Å². The van der Waals surface area contributed by atoms with Crippen LogP contribution in [0.15, 0.2) is 22.7 Å². The van der Waals surface area contributed by atoms with E-state index in [4.69, 9.17) is 5.73 Å². The number of primary amides is 1. The Balaban J connectivity index is 2.04. The molecule has 1 saturated carbocycles. The number of nitro benzene ring substituents is 1. The van der Waals surface area contributed by atoms with Crippen LogP contribution in [0.25, 0.3) is 0 Å². The number of hydrogen-bond acceptors (Lipinski definition) is 4. The molecule has 20 heavy (non-hydrogen) atoms. The molecule has 1 aromatic rings. The molecular weight excluding hydrogens is 326 g/mol. The zero-order chi connectivity index (χ0) is 14.7. The Hall–Kier alpha value is -1.63. The van der Waals surface area contributed by atoms with Crippen LogP contribution in [0.2, 0.25) is 0 Å². The Bertz CT molecular complexity index is 528. The topological polar surface area (TPSA) is 98.3 Å². The molecule has 0 heterocycles. The number of carbonyl (C=O) groups is 1. The molecule has 0 aromatic heterocycles. The van der Waals surface area contributed by atoms with Gasteiger partial charge in [-0.1, -0.05) is 15.9 Å². The second-order valence-corrected chi connectivity index (χ2v) is 5.93. The van der Waals surface area contributed by atoms with E-state index in [9.17, 15) is 14.9 Å². The van der Waals surface area contributed by atoms with Crippen LogP contribution in [0.3, 0.4) is 0 Å². The van der Waals surface area contributed by atoms with Crippen molar-refractivity contribution in [1.82, 2.24) is 0 Å². The van der Waals surface area contributed by atoms with E-state index >= 15 is 0 Å². The van der Waals surface area contributed by atoms with Gasteiger partial charge in [-0.25, -0.2) is 0 Å². The number of nitrogens with two attached hydrogens (primary N) is 1. The molecule has 0 radical (unpaired) electrons. The van der Waals surface area contributed by atoms with Gasteiger partial charge in [-0.15, -0.1) is 0 Å². The van der Waals surface area contributed by atoms with Crippen molar-refractivity contribution in [3.05, 3.63) is 32.8 Å². The molecule has 1 fully saturated rings. The van der Waals surface area contributed by atoms with Gasteiger partial charge in [0, 0.05) is 22.5 Å². The highest BCUT2D eigenvalue weighted by atomic mass is 79.9. The molecule has 1 amide bonds. The summed E-state index contributed by atoms with van der Waals surface area (Å²) in [6.45, 7) is 0. The predicted octanol–water partition coefficient (Wildman–Crippen LogP) is 2.81. The molecule has 0 aliphatic heterocycles. The van der Waals surface area contributed by atoms with Crippen LogP contribution in [0.1, 0.15) is 25.7 Å². The Morgan fingerprint density at radius 3 is 2.55 bits per heavy atom. The van der Waals surface area contributed by atoms with Crippen molar-refractivity contribution in [1.29, 1.82) is 0 Å². The van der Waals surface area contributed by atoms with Gasteiger partial charge in [0.1, 0.15) is 5.69 Å². The summed E-state index contributed by atoms with van der Waals surface area (Å²) in [7, 11) is 0. The number of benzene rings is 1. The molecule has 0 bridgehead atoms. The fourth-order valence-corrected chi connectivity index (χ4v) is 2.87. The summed E-state index contributed by atoms with van der Waals surface area (Å²) in [6.07, 6.45) is 3.05. The van der Waals surface area contributed by atoms with E-state index in [1.165, 1.54) is 6.07 Å². The van der Waals surface area contributed by atoms with Gasteiger partial charge in [0.15, 0.2) is 0 Å². The summed E-state index contributed by atoms with van der Waals surface area (Å²) in [6, 6.07) is 5.09. The fourth-order valence-electron chi connectivity index (χ4n) is 2.52. The van der Waals surface area contributed by atoms with Gasteiger partial charge in [0.2, 0.25) is 5.91 Å². The molecule has 1 aliphatic rings. The molecule has 7 heteroatoms. The van der Waals surface area contributed by atoms with E-state index in [1.54, 1.807) is 12.1 Å². The van der Waals surface area contributed by atoms with Gasteiger partial charge in [-0.2, -0.15) is 0 Å². The van der Waals surface area contributed by atoms with E-state index < -0.39 is 4.92 Å². The molecular formula is C13H16BrN3O3. The average Bonchev–Trinajstić information content (AvgIpc) is 2.41. The lowest BCUT2D eigenvalue weighted by Crippen LogP contribution is -2.32. The smallest absolute Gasteiger partial charge is 0.293 e. The number of rotatable bonds is 4. The number of nitrogens with zero attached hydrogens (tertiary/aromatic N) is 1. The summed E-state index contributed by atoms with van der Waals surface area (Å²) in [4.78, 5) is 21.7. The minimum atomic E-state index is -0.401. The average molecular weight is 342 g/mol. The van der Waals surface area contributed by atoms with Crippen molar-refractivity contribution in [3.63, 3.8) is 0 Å². The molecule has 0 atom stereocenters. The van der Waals surface area contributed by atoms with Gasteiger partial charge < -0.3 is 11.1 Å². The zero-order valence-electron chi connectivity index (χ0n) is 10.8. The van der Waals surface area contributed by atoms with Crippen LogP contribution in [-0.4, -0.2) is 16.9 Å². The van der Waals surface area contributed by atoms with Gasteiger partial charge in [0.05, 0.1) is 4.92 Å². The Morgan fingerprint density at radius 1 is 1.35 bits per heavy atom. The first kappa shape index (κ1) is 14.8. The van der Waals surface area contributed by atoms with Crippen molar-refractivity contribution in [3.8, 4) is 0 Å². The van der Waals surface area contributed by atoms with E-state index in [0.29, 0.717) is 10.2 Å². The van der Waals surface area contributed by atoms with Gasteiger partial charge in [0.25, 0.3) is 5.69 Å². The fraction of sp³-hybridized carbons (Fsp3) is 0.462. The lowest BCUT2D eigenvalue weighted by Gasteiger charge is -2.28. The number of nitro groups is 1. The monoisotopic (exact) mass is 341 g/mol. The summed E-state index contributed by atoms with van der Waals surface area (Å²) in [5.74, 6) is -0.314. The first-order valence-electron chi connectivity index (χ1n) is 6.47. The second kappa shape index (κ2) is 6.21. The van der Waals surface area contributed by atoms with Crippen LogP contribution >= 0.6 is 15.9 Å². The third-order valence-corrected chi connectivity index (χ3v) is 4.14. The predicted molar refractivity (Wildman–Crippen MR) is 79.4 cm³/mol. The largest absolute Gasteiger partial charge is 0.377 e. The van der Waals surface area contributed by atoms with Crippen LogP contribution in [0.4, 0.5) is 11.4 Å². The maximum Gasteiger partial charge on any atom is 0.293 e. The number of hydrogen-bond donors (Lipinski definition) is 2. The molecule has 2 rings (SSSR count). The first-order valence-corrected chi connectivity index (χ1v) is 7.26. The minimum Gasteiger partial charge on any atom is -0.377 e.